The molecule has 1 unspecified atom stereocenters. The van der Waals surface area contributed by atoms with Gasteiger partial charge in [-0.1, -0.05) is 12.1 Å². The summed E-state index contributed by atoms with van der Waals surface area (Å²) in [6.07, 6.45) is 2.15. The molecular weight excluding hydrogens is 234 g/mol. The molecule has 0 heterocycles. The lowest BCUT2D eigenvalue weighted by Gasteiger charge is -2.12. The van der Waals surface area contributed by atoms with Crippen LogP contribution in [0.3, 0.4) is 0 Å². The van der Waals surface area contributed by atoms with Crippen LogP contribution >= 0.6 is 0 Å². The van der Waals surface area contributed by atoms with E-state index in [9.17, 15) is 10.1 Å². The van der Waals surface area contributed by atoms with E-state index in [0.717, 1.165) is 12.8 Å². The molecule has 18 heavy (non-hydrogen) atoms. The fourth-order valence-corrected chi connectivity index (χ4v) is 1.56. The number of nitrogens with one attached hydrogen (secondary N) is 1. The molecule has 1 aromatic rings. The van der Waals surface area contributed by atoms with E-state index in [2.05, 4.69) is 11.4 Å². The zero-order chi connectivity index (χ0) is 13.0. The highest BCUT2D eigenvalue weighted by molar-refractivity contribution is 5.45. The van der Waals surface area contributed by atoms with Gasteiger partial charge in [0, 0.05) is 12.1 Å². The highest BCUT2D eigenvalue weighted by Gasteiger charge is 2.25. The van der Waals surface area contributed by atoms with E-state index in [4.69, 9.17) is 10.00 Å². The van der Waals surface area contributed by atoms with Crippen LogP contribution in [-0.4, -0.2) is 23.6 Å². The van der Waals surface area contributed by atoms with Gasteiger partial charge >= 0.3 is 5.69 Å². The number of hydrogen-bond acceptors (Lipinski definition) is 5. The lowest BCUT2D eigenvalue weighted by atomic mass is 10.3. The Labute approximate surface area is 104 Å². The highest BCUT2D eigenvalue weighted by Crippen LogP contribution is 2.26. The van der Waals surface area contributed by atoms with Crippen LogP contribution in [0, 0.1) is 21.4 Å². The molecular formula is C12H13N3O3. The lowest BCUT2D eigenvalue weighted by Crippen LogP contribution is -2.34. The number of nitro benzene ring substituents is 1. The zero-order valence-electron chi connectivity index (χ0n) is 9.70. The summed E-state index contributed by atoms with van der Waals surface area (Å²) in [5.41, 5.74) is -0.0828. The van der Waals surface area contributed by atoms with Crippen molar-refractivity contribution in [2.75, 3.05) is 6.61 Å². The van der Waals surface area contributed by atoms with Crippen molar-refractivity contribution in [1.82, 2.24) is 5.32 Å². The van der Waals surface area contributed by atoms with Gasteiger partial charge in [0.15, 0.2) is 5.75 Å². The van der Waals surface area contributed by atoms with Crippen molar-refractivity contribution in [2.45, 2.75) is 24.9 Å². The summed E-state index contributed by atoms with van der Waals surface area (Å²) in [6.45, 7) is 0.109. The molecule has 0 aliphatic heterocycles. The molecule has 6 heteroatoms. The van der Waals surface area contributed by atoms with Gasteiger partial charge in [-0.15, -0.1) is 0 Å². The minimum atomic E-state index is -0.495. The summed E-state index contributed by atoms with van der Waals surface area (Å²) in [7, 11) is 0. The minimum Gasteiger partial charge on any atom is -0.484 e. The SMILES string of the molecule is N#CC(COc1ccccc1[N+](=O)[O-])NC1CC1. The second-order valence-corrected chi connectivity index (χ2v) is 4.16. The maximum Gasteiger partial charge on any atom is 0.310 e. The van der Waals surface area contributed by atoms with Crippen LogP contribution in [0.15, 0.2) is 24.3 Å². The Kier molecular flexibility index (Phi) is 3.75. The molecule has 0 bridgehead atoms. The topological polar surface area (TPSA) is 88.2 Å². The first-order valence-electron chi connectivity index (χ1n) is 5.72. The van der Waals surface area contributed by atoms with Crippen LogP contribution in [0.4, 0.5) is 5.69 Å². The van der Waals surface area contributed by atoms with E-state index in [-0.39, 0.29) is 18.0 Å². The van der Waals surface area contributed by atoms with Gasteiger partial charge in [0.2, 0.25) is 0 Å². The molecule has 1 fully saturated rings. The normalized spacial score (nSPS) is 15.7. The van der Waals surface area contributed by atoms with Gasteiger partial charge in [-0.25, -0.2) is 0 Å². The predicted molar refractivity (Wildman–Crippen MR) is 64.2 cm³/mol. The Morgan fingerprint density at radius 3 is 2.89 bits per heavy atom. The van der Waals surface area contributed by atoms with Crippen LogP contribution in [0.1, 0.15) is 12.8 Å². The van der Waals surface area contributed by atoms with Crippen molar-refractivity contribution in [3.63, 3.8) is 0 Å². The van der Waals surface area contributed by atoms with Gasteiger partial charge in [0.1, 0.15) is 12.6 Å². The van der Waals surface area contributed by atoms with Crippen LogP contribution < -0.4 is 10.1 Å². The Hall–Kier alpha value is -2.13. The van der Waals surface area contributed by atoms with Gasteiger partial charge in [-0.2, -0.15) is 5.26 Å². The second-order valence-electron chi connectivity index (χ2n) is 4.16. The van der Waals surface area contributed by atoms with Crippen molar-refractivity contribution in [3.05, 3.63) is 34.4 Å². The van der Waals surface area contributed by atoms with E-state index >= 15 is 0 Å². The number of ether oxygens (including phenoxy) is 1. The van der Waals surface area contributed by atoms with E-state index in [1.54, 1.807) is 12.1 Å². The molecule has 0 aromatic heterocycles. The highest BCUT2D eigenvalue weighted by atomic mass is 16.6. The van der Waals surface area contributed by atoms with Crippen molar-refractivity contribution in [2.24, 2.45) is 0 Å². The number of nitrogens with zero attached hydrogens (tertiary/aromatic N) is 2. The van der Waals surface area contributed by atoms with Gasteiger partial charge < -0.3 is 4.74 Å². The van der Waals surface area contributed by atoms with Crippen molar-refractivity contribution in [1.29, 1.82) is 5.26 Å². The number of rotatable bonds is 6. The average molecular weight is 247 g/mol. The van der Waals surface area contributed by atoms with E-state index in [1.165, 1.54) is 12.1 Å². The molecule has 1 saturated carbocycles. The summed E-state index contributed by atoms with van der Waals surface area (Å²) >= 11 is 0. The lowest BCUT2D eigenvalue weighted by molar-refractivity contribution is -0.385. The van der Waals surface area contributed by atoms with E-state index in [1.807, 2.05) is 0 Å². The predicted octanol–water partition coefficient (Wildman–Crippen LogP) is 1.62. The first-order chi connectivity index (χ1) is 8.70. The Balaban J connectivity index is 1.96. The maximum absolute atomic E-state index is 10.8. The van der Waals surface area contributed by atoms with Crippen LogP contribution in [0.25, 0.3) is 0 Å². The second kappa shape index (κ2) is 5.47. The molecule has 1 N–H and O–H groups in total. The standard InChI is InChI=1S/C12H13N3O3/c13-7-10(14-9-5-6-9)8-18-12-4-2-1-3-11(12)15(16)17/h1-4,9-10,14H,5-6,8H2. The van der Waals surface area contributed by atoms with Crippen molar-refractivity contribution in [3.8, 4) is 11.8 Å². The van der Waals surface area contributed by atoms with Gasteiger partial charge in [-0.3, -0.25) is 15.4 Å². The summed E-state index contributed by atoms with van der Waals surface area (Å²) in [6, 6.07) is 8.20. The average Bonchev–Trinajstić information content (AvgIpc) is 3.18. The molecule has 6 nitrogen and oxygen atoms in total. The minimum absolute atomic E-state index is 0.0828. The number of nitro groups is 1. The third-order valence-corrected chi connectivity index (χ3v) is 2.64. The molecule has 94 valence electrons. The summed E-state index contributed by atoms with van der Waals surface area (Å²) in [5, 5.41) is 22.8. The van der Waals surface area contributed by atoms with E-state index < -0.39 is 11.0 Å². The third kappa shape index (κ3) is 3.18. The van der Waals surface area contributed by atoms with Crippen molar-refractivity contribution >= 4 is 5.69 Å². The molecule has 1 aliphatic carbocycles. The largest absolute Gasteiger partial charge is 0.484 e. The van der Waals surface area contributed by atoms with Crippen LogP contribution in [0.5, 0.6) is 5.75 Å². The number of nitriles is 1. The Bertz CT molecular complexity index is 480. The first kappa shape index (κ1) is 12.3. The van der Waals surface area contributed by atoms with Crippen LogP contribution in [0.2, 0.25) is 0 Å². The molecule has 0 saturated heterocycles. The molecule has 1 aromatic carbocycles. The summed E-state index contributed by atoms with van der Waals surface area (Å²) in [4.78, 5) is 10.3. The van der Waals surface area contributed by atoms with Crippen molar-refractivity contribution < 1.29 is 9.66 Å². The molecule has 0 radical (unpaired) electrons. The summed E-state index contributed by atoms with van der Waals surface area (Å²) in [5.74, 6) is 0.195. The van der Waals surface area contributed by atoms with Crippen LogP contribution in [-0.2, 0) is 0 Å². The first-order valence-corrected chi connectivity index (χ1v) is 5.72. The van der Waals surface area contributed by atoms with E-state index in [0.29, 0.717) is 6.04 Å². The molecule has 0 amide bonds. The van der Waals surface area contributed by atoms with Gasteiger partial charge in [-0.05, 0) is 18.9 Å². The Morgan fingerprint density at radius 2 is 2.28 bits per heavy atom. The molecule has 1 aliphatic rings. The van der Waals surface area contributed by atoms with Gasteiger partial charge in [0.25, 0.3) is 0 Å². The molecule has 0 spiro atoms. The zero-order valence-corrected chi connectivity index (χ0v) is 9.70. The number of para-hydroxylation sites is 2. The third-order valence-electron chi connectivity index (χ3n) is 2.64. The number of benzene rings is 1. The quantitative estimate of drug-likeness (QED) is 0.609. The van der Waals surface area contributed by atoms with Gasteiger partial charge in [0.05, 0.1) is 11.0 Å². The monoisotopic (exact) mass is 247 g/mol. The fraction of sp³-hybridized carbons (Fsp3) is 0.417. The number of hydrogen-bond donors (Lipinski definition) is 1. The Morgan fingerprint density at radius 1 is 1.56 bits per heavy atom. The summed E-state index contributed by atoms with van der Waals surface area (Å²) < 4.78 is 5.35. The molecule has 2 rings (SSSR count). The fourth-order valence-electron chi connectivity index (χ4n) is 1.56. The molecule has 1 atom stereocenters. The maximum atomic E-state index is 10.8. The smallest absolute Gasteiger partial charge is 0.310 e.